The number of allylic oxidation sites excluding steroid dienone is 1. The monoisotopic (exact) mass is 738 g/mol. The fourth-order valence-corrected chi connectivity index (χ4v) is 11.0. The van der Waals surface area contributed by atoms with Gasteiger partial charge in [-0.25, -0.2) is 0 Å². The number of aliphatic hydroxyl groups excluding tert-OH is 3. The van der Waals surface area contributed by atoms with Gasteiger partial charge < -0.3 is 30.7 Å². The average molecular weight is 738 g/mol. The number of carbonyl (C=O) groups is 2. The number of Topliss-reactive ketones (excluding diaryl/α,β-unsaturated/α-hetero) is 2. The second kappa shape index (κ2) is 19.7. The molecule has 0 radical (unpaired) electrons. The Balaban J connectivity index is 1.03. The molecule has 2 saturated carbocycles. The Morgan fingerprint density at radius 1 is 0.962 bits per heavy atom. The number of nitrogens with zero attached hydrogens (tertiary/aromatic N) is 1. The predicted molar refractivity (Wildman–Crippen MR) is 204 cm³/mol. The molecule has 3 aliphatic heterocycles. The first kappa shape index (κ1) is 40.6. The molecule has 0 bridgehead atoms. The molecule has 294 valence electrons. The van der Waals surface area contributed by atoms with Gasteiger partial charge in [-0.2, -0.15) is 0 Å². The van der Waals surface area contributed by atoms with E-state index in [1.54, 1.807) is 7.11 Å². The van der Waals surface area contributed by atoms with Crippen molar-refractivity contribution in [3.63, 3.8) is 0 Å². The molecular weight excluding hydrogens is 668 g/mol. The van der Waals surface area contributed by atoms with Crippen LogP contribution in [0, 0.1) is 65.7 Å². The summed E-state index contributed by atoms with van der Waals surface area (Å²) in [6.07, 6.45) is 16.6. The number of ketones is 2. The van der Waals surface area contributed by atoms with E-state index in [1.807, 2.05) is 12.8 Å². The van der Waals surface area contributed by atoms with E-state index in [-0.39, 0.29) is 35.8 Å². The quantitative estimate of drug-likeness (QED) is 0.0849. The highest BCUT2D eigenvalue weighted by molar-refractivity contribution is 5.84. The Labute approximate surface area is 317 Å². The van der Waals surface area contributed by atoms with Gasteiger partial charge >= 0.3 is 0 Å². The highest BCUT2D eigenvalue weighted by atomic mass is 16.5. The van der Waals surface area contributed by atoms with Crippen LogP contribution in [0.4, 0.5) is 0 Å². The number of hydrogen-bond acceptors (Lipinski definition) is 8. The summed E-state index contributed by atoms with van der Waals surface area (Å²) in [5.74, 6) is 9.06. The number of hydrogen-bond donors (Lipinski definition) is 6. The summed E-state index contributed by atoms with van der Waals surface area (Å²) in [6, 6.07) is 0.481. The third-order valence-corrected chi connectivity index (χ3v) is 14.2. The van der Waals surface area contributed by atoms with Gasteiger partial charge in [-0.3, -0.25) is 15.3 Å². The summed E-state index contributed by atoms with van der Waals surface area (Å²) >= 11 is 0. The largest absolute Gasteiger partial charge is 0.393 e. The second-order valence-electron chi connectivity index (χ2n) is 17.8. The van der Waals surface area contributed by atoms with Gasteiger partial charge in [0.05, 0.1) is 56.0 Å². The van der Waals surface area contributed by atoms with Gasteiger partial charge in [-0.05, 0) is 88.4 Å². The molecular formula is C43H69N4O6+3. The van der Waals surface area contributed by atoms with Crippen molar-refractivity contribution >= 4 is 17.8 Å². The van der Waals surface area contributed by atoms with Crippen molar-refractivity contribution < 1.29 is 40.3 Å². The predicted octanol–water partition coefficient (Wildman–Crippen LogP) is 2.20. The van der Waals surface area contributed by atoms with Crippen molar-refractivity contribution in [1.82, 2.24) is 0 Å². The van der Waals surface area contributed by atoms with Crippen LogP contribution < -0.4 is 16.4 Å². The first-order valence-electron chi connectivity index (χ1n) is 21.3. The molecule has 0 spiro atoms. The minimum absolute atomic E-state index is 0.0271. The number of piperidine rings is 2. The lowest BCUT2D eigenvalue weighted by Gasteiger charge is -2.41. The molecule has 14 atom stereocenters. The molecule has 0 aromatic heterocycles. The van der Waals surface area contributed by atoms with Gasteiger partial charge in [0.1, 0.15) is 35.8 Å². The topological polar surface area (TPSA) is 176 Å². The number of carbonyl (C=O) groups excluding carboxylic acids is 2. The van der Waals surface area contributed by atoms with Crippen molar-refractivity contribution in [2.75, 3.05) is 20.2 Å². The molecule has 53 heavy (non-hydrogen) atoms. The summed E-state index contributed by atoms with van der Waals surface area (Å²) in [4.78, 5) is 29.8. The van der Waals surface area contributed by atoms with E-state index in [2.05, 4.69) is 33.5 Å². The SMILES string of the molecule is COC1CC2CCC(=O)[C@@H]([C@H](O)CCCC[C@H]3C[NH2+][C@@H]4CC(=O)CC[C@H]4C3)C#C[C@@H](CC[C@H](O)CCC3CC(N)[NH2+]CC3CC3=C[CH+]N=C3)C2CC1O. The number of unbranched alkanes of at least 4 members (excludes halogenated alkanes) is 1. The minimum Gasteiger partial charge on any atom is -0.393 e. The fourth-order valence-electron chi connectivity index (χ4n) is 11.0. The molecule has 7 unspecified atom stereocenters. The number of nitrogens with two attached hydrogens (primary N) is 3. The molecule has 6 aliphatic rings. The summed E-state index contributed by atoms with van der Waals surface area (Å²) in [6.45, 7) is 3.93. The van der Waals surface area contributed by atoms with E-state index in [0.29, 0.717) is 80.4 Å². The van der Waals surface area contributed by atoms with Crippen LogP contribution in [0.25, 0.3) is 0 Å². The second-order valence-corrected chi connectivity index (χ2v) is 17.8. The third kappa shape index (κ3) is 11.2. The van der Waals surface area contributed by atoms with E-state index in [4.69, 9.17) is 10.5 Å². The molecule has 0 aromatic carbocycles. The van der Waals surface area contributed by atoms with Crippen molar-refractivity contribution in [1.29, 1.82) is 0 Å². The summed E-state index contributed by atoms with van der Waals surface area (Å²) in [5, 5.41) is 38.4. The van der Waals surface area contributed by atoms with Crippen molar-refractivity contribution in [3.05, 3.63) is 18.2 Å². The highest BCUT2D eigenvalue weighted by Gasteiger charge is 2.42. The molecule has 6 rings (SSSR count). The number of fused-ring (bicyclic) bond motifs is 2. The Kier molecular flexibility index (Phi) is 15.0. The van der Waals surface area contributed by atoms with Crippen molar-refractivity contribution in [2.24, 2.45) is 58.1 Å². The summed E-state index contributed by atoms with van der Waals surface area (Å²) in [5.41, 5.74) is 7.63. The number of quaternary nitrogens is 2. The number of aliphatic hydroxyl groups is 3. The maximum atomic E-state index is 13.6. The van der Waals surface area contributed by atoms with Crippen molar-refractivity contribution in [2.45, 2.75) is 152 Å². The molecule has 4 fully saturated rings. The van der Waals surface area contributed by atoms with Crippen LogP contribution in [-0.2, 0) is 14.3 Å². The van der Waals surface area contributed by atoms with Gasteiger partial charge in [0.2, 0.25) is 0 Å². The molecule has 0 amide bonds. The zero-order chi connectivity index (χ0) is 37.3. The van der Waals surface area contributed by atoms with Crippen LogP contribution in [0.5, 0.6) is 0 Å². The summed E-state index contributed by atoms with van der Waals surface area (Å²) in [7, 11) is 1.65. The van der Waals surface area contributed by atoms with E-state index in [1.165, 1.54) is 12.0 Å². The first-order valence-corrected chi connectivity index (χ1v) is 21.3. The molecule has 2 saturated heterocycles. The average Bonchev–Trinajstić information content (AvgIpc) is 3.68. The van der Waals surface area contributed by atoms with Crippen LogP contribution in [0.2, 0.25) is 0 Å². The van der Waals surface area contributed by atoms with E-state index >= 15 is 0 Å². The van der Waals surface area contributed by atoms with Gasteiger partial charge in [-0.1, -0.05) is 24.7 Å². The van der Waals surface area contributed by atoms with E-state index in [9.17, 15) is 24.9 Å². The maximum absolute atomic E-state index is 13.6. The van der Waals surface area contributed by atoms with Gasteiger partial charge in [0.25, 0.3) is 0 Å². The number of aliphatic imine (C=N–C) groups is 1. The lowest BCUT2D eigenvalue weighted by atomic mass is 9.67. The zero-order valence-electron chi connectivity index (χ0n) is 32.2. The number of rotatable bonds is 15. The van der Waals surface area contributed by atoms with Gasteiger partial charge in [0, 0.05) is 56.5 Å². The Hall–Kier alpha value is -2.10. The normalized spacial score (nSPS) is 38.5. The lowest BCUT2D eigenvalue weighted by molar-refractivity contribution is -0.711. The number of methoxy groups -OCH3 is 1. The van der Waals surface area contributed by atoms with Gasteiger partial charge in [0.15, 0.2) is 6.21 Å². The Morgan fingerprint density at radius 3 is 2.60 bits per heavy atom. The lowest BCUT2D eigenvalue weighted by Crippen LogP contribution is -2.96. The third-order valence-electron chi connectivity index (χ3n) is 14.2. The molecule has 9 N–H and O–H groups in total. The minimum atomic E-state index is -0.790. The first-order chi connectivity index (χ1) is 25.7. The zero-order valence-corrected chi connectivity index (χ0v) is 32.2. The highest BCUT2D eigenvalue weighted by Crippen LogP contribution is 2.42. The van der Waals surface area contributed by atoms with Crippen LogP contribution in [0.3, 0.4) is 0 Å². The van der Waals surface area contributed by atoms with Crippen LogP contribution in [0.15, 0.2) is 16.6 Å². The molecule has 3 aliphatic carbocycles. The van der Waals surface area contributed by atoms with Crippen LogP contribution >= 0.6 is 0 Å². The van der Waals surface area contributed by atoms with Gasteiger partial charge in [-0.15, -0.1) is 4.99 Å². The molecule has 0 aromatic rings. The maximum Gasteiger partial charge on any atom is 0.176 e. The molecule has 10 nitrogen and oxygen atoms in total. The Morgan fingerprint density at radius 2 is 1.79 bits per heavy atom. The van der Waals surface area contributed by atoms with E-state index < -0.39 is 24.2 Å². The van der Waals surface area contributed by atoms with E-state index in [0.717, 1.165) is 77.3 Å². The standard InChI is InChI=1S/C43H67N4O6/c1-53-42-20-31-10-15-40(51)36(39(50)5-3-2-4-27-18-32-8-13-35(49)22-38(32)46-25-27)14-9-29(37(31)23-41(42)52)6-11-34(48)12-7-30-21-43(44)47-26-33(30)19-28-16-17-45-24-28/h16-17,24,27,29-34,36-39,41-43,46-48,50,52H,2-8,10-13,15,18-23,25-26,44H2,1H3/q+1/p+2/t27-,29-,30?,31?,32+,33?,34+,36-,37?,38-,39-,41?,42?,43?/m1/s1. The smallest absolute Gasteiger partial charge is 0.176 e. The fraction of sp³-hybridized carbons (Fsp3) is 0.814. The number of ether oxygens (including phenoxy) is 1. The summed E-state index contributed by atoms with van der Waals surface area (Å²) < 4.78 is 5.66. The molecule has 3 heterocycles. The molecule has 10 heteroatoms. The van der Waals surface area contributed by atoms with Crippen molar-refractivity contribution in [3.8, 4) is 11.8 Å². The van der Waals surface area contributed by atoms with Crippen LogP contribution in [-0.4, -0.2) is 89.9 Å². The Bertz CT molecular complexity index is 1340. The van der Waals surface area contributed by atoms with Crippen LogP contribution in [0.1, 0.15) is 116 Å².